The van der Waals surface area contributed by atoms with Crippen molar-refractivity contribution in [1.82, 2.24) is 5.32 Å². The molecule has 288 valence electrons. The number of carboxylic acid groups (broad SMARTS) is 1. The highest BCUT2D eigenvalue weighted by Crippen LogP contribution is 2.38. The number of halogens is 5. The monoisotopic (exact) mass is 799 g/mol. The van der Waals surface area contributed by atoms with E-state index >= 15 is 0 Å². The zero-order valence-corrected chi connectivity index (χ0v) is 30.9. The van der Waals surface area contributed by atoms with Crippen LogP contribution in [0.5, 0.6) is 17.2 Å². The molecule has 0 radical (unpaired) electrons. The van der Waals surface area contributed by atoms with E-state index in [0.717, 1.165) is 41.4 Å². The molecular formula is C32H39Cl2F3N3O11P. The van der Waals surface area contributed by atoms with E-state index < -0.39 is 43.1 Å². The number of hydrogen-bond donors (Lipinski definition) is 4. The summed E-state index contributed by atoms with van der Waals surface area (Å²) >= 11 is 11.5. The highest BCUT2D eigenvalue weighted by Gasteiger charge is 2.31. The van der Waals surface area contributed by atoms with Crippen LogP contribution >= 0.6 is 30.8 Å². The minimum absolute atomic E-state index is 0.0111. The first kappa shape index (κ1) is 46.1. The van der Waals surface area contributed by atoms with Crippen LogP contribution in [0.25, 0.3) is 0 Å². The summed E-state index contributed by atoms with van der Waals surface area (Å²) < 4.78 is 63.8. The number of rotatable bonds is 15. The SMILES string of the molecule is CCOCN(C(=O)CCl)c1c(C)cccc1CC.CCOc1cc(Oc2ccc(C(F)(F)F)cc2Cl)ccc1[N+](=O)[O-].O=C(O)CNCP(=O)(O)O. The molecule has 0 aliphatic rings. The van der Waals surface area contributed by atoms with Crippen LogP contribution < -0.4 is 19.7 Å². The van der Waals surface area contributed by atoms with Gasteiger partial charge in [-0.25, -0.2) is 0 Å². The van der Waals surface area contributed by atoms with E-state index in [1.165, 1.54) is 18.2 Å². The van der Waals surface area contributed by atoms with Crippen LogP contribution in [0.15, 0.2) is 54.6 Å². The van der Waals surface area contributed by atoms with E-state index in [9.17, 15) is 37.4 Å². The van der Waals surface area contributed by atoms with Gasteiger partial charge in [-0.2, -0.15) is 13.2 Å². The molecule has 0 saturated heterocycles. The Morgan fingerprint density at radius 3 is 2.21 bits per heavy atom. The molecule has 0 unspecified atom stereocenters. The van der Waals surface area contributed by atoms with E-state index in [0.29, 0.717) is 6.61 Å². The van der Waals surface area contributed by atoms with Gasteiger partial charge in [0, 0.05) is 18.7 Å². The third-order valence-corrected chi connectivity index (χ3v) is 7.48. The standard InChI is InChI=1S/C15H11ClF3NO4.C14H20ClNO2.C3H8NO5P/c1-2-23-14-8-10(4-5-12(14)20(21)22)24-13-6-3-9(7-11(13)16)15(17,18)19;1-4-12-8-6-7-11(3)14(12)16(10-18-5-2)13(17)9-15;5-3(6)1-4-2-10(7,8)9/h3-8H,2H2,1H3;6-8H,4-5,9-10H2,1-3H3;4H,1-2H2,(H,5,6)(H2,7,8,9). The smallest absolute Gasteiger partial charge is 0.416 e. The summed E-state index contributed by atoms with van der Waals surface area (Å²) in [4.78, 5) is 50.0. The van der Waals surface area contributed by atoms with Crippen molar-refractivity contribution in [3.05, 3.63) is 86.4 Å². The number of nitrogens with zero attached hydrogens (tertiary/aromatic N) is 2. The fourth-order valence-electron chi connectivity index (χ4n) is 4.08. The van der Waals surface area contributed by atoms with Gasteiger partial charge in [-0.05, 0) is 62.6 Å². The van der Waals surface area contributed by atoms with Crippen LogP contribution in [0.1, 0.15) is 37.5 Å². The van der Waals surface area contributed by atoms with Gasteiger partial charge in [0.15, 0.2) is 0 Å². The van der Waals surface area contributed by atoms with Crippen molar-refractivity contribution in [3.8, 4) is 17.2 Å². The Balaban J connectivity index is 0.000000426. The third-order valence-electron chi connectivity index (χ3n) is 6.32. The molecule has 3 aromatic rings. The van der Waals surface area contributed by atoms with Crippen LogP contribution in [-0.4, -0.2) is 70.3 Å². The number of nitro groups is 1. The second-order valence-electron chi connectivity index (χ2n) is 10.2. The number of nitro benzene ring substituents is 1. The summed E-state index contributed by atoms with van der Waals surface area (Å²) in [6.45, 7) is 8.21. The number of carboxylic acids is 1. The van der Waals surface area contributed by atoms with Gasteiger partial charge in [0.2, 0.25) is 11.7 Å². The number of amides is 1. The maximum absolute atomic E-state index is 12.6. The lowest BCUT2D eigenvalue weighted by Crippen LogP contribution is -2.35. The minimum atomic E-state index is -4.52. The second-order valence-corrected chi connectivity index (χ2v) is 12.5. The molecule has 20 heteroatoms. The van der Waals surface area contributed by atoms with Crippen molar-refractivity contribution in [2.75, 3.05) is 43.6 Å². The topological polar surface area (TPSA) is 198 Å². The Kier molecular flexibility index (Phi) is 19.7. The van der Waals surface area contributed by atoms with E-state index in [1.807, 2.05) is 32.0 Å². The molecule has 0 fully saturated rings. The number of aryl methyl sites for hydroxylation is 2. The highest BCUT2D eigenvalue weighted by atomic mass is 35.5. The van der Waals surface area contributed by atoms with Crippen molar-refractivity contribution in [3.63, 3.8) is 0 Å². The lowest BCUT2D eigenvalue weighted by Gasteiger charge is -2.25. The summed E-state index contributed by atoms with van der Waals surface area (Å²) in [7, 11) is -4.10. The predicted molar refractivity (Wildman–Crippen MR) is 189 cm³/mol. The predicted octanol–water partition coefficient (Wildman–Crippen LogP) is 7.38. The van der Waals surface area contributed by atoms with E-state index in [-0.39, 0.29) is 53.1 Å². The number of nitrogens with one attached hydrogen (secondary N) is 1. The summed E-state index contributed by atoms with van der Waals surface area (Å²) in [5.41, 5.74) is 1.97. The van der Waals surface area contributed by atoms with Gasteiger partial charge in [0.25, 0.3) is 0 Å². The van der Waals surface area contributed by atoms with Crippen LogP contribution in [0.3, 0.4) is 0 Å². The first-order valence-electron chi connectivity index (χ1n) is 15.2. The molecule has 0 atom stereocenters. The number of ether oxygens (including phenoxy) is 3. The fourth-order valence-corrected chi connectivity index (χ4v) is 4.85. The maximum Gasteiger partial charge on any atom is 0.416 e. The number of benzene rings is 3. The Labute approximate surface area is 307 Å². The number of carbonyl (C=O) groups is 2. The van der Waals surface area contributed by atoms with Crippen molar-refractivity contribution < 1.29 is 61.4 Å². The molecule has 14 nitrogen and oxygen atoms in total. The van der Waals surface area contributed by atoms with Gasteiger partial charge in [-0.15, -0.1) is 11.6 Å². The Morgan fingerprint density at radius 2 is 1.71 bits per heavy atom. The van der Waals surface area contributed by atoms with Crippen LogP contribution in [-0.2, 0) is 31.5 Å². The van der Waals surface area contributed by atoms with Gasteiger partial charge in [-0.3, -0.25) is 34.5 Å². The number of alkyl halides is 4. The molecule has 0 heterocycles. The molecule has 0 aliphatic carbocycles. The summed E-state index contributed by atoms with van der Waals surface area (Å²) in [6.07, 6.45) is -4.24. The van der Waals surface area contributed by atoms with Gasteiger partial charge in [0.05, 0.1) is 40.6 Å². The maximum atomic E-state index is 12.6. The van der Waals surface area contributed by atoms with Gasteiger partial charge in [-0.1, -0.05) is 36.7 Å². The van der Waals surface area contributed by atoms with Gasteiger partial charge >= 0.3 is 25.4 Å². The van der Waals surface area contributed by atoms with E-state index in [1.54, 1.807) is 11.8 Å². The first-order valence-corrected chi connectivity index (χ1v) is 18.0. The number of carbonyl (C=O) groups excluding carboxylic acids is 1. The highest BCUT2D eigenvalue weighted by molar-refractivity contribution is 7.51. The molecule has 0 bridgehead atoms. The largest absolute Gasteiger partial charge is 0.487 e. The molecule has 0 saturated carbocycles. The number of aliphatic carboxylic acids is 1. The molecule has 4 N–H and O–H groups in total. The normalized spacial score (nSPS) is 11.0. The summed E-state index contributed by atoms with van der Waals surface area (Å²) in [5.74, 6) is -1.19. The van der Waals surface area contributed by atoms with E-state index in [2.05, 4.69) is 12.2 Å². The third kappa shape index (κ3) is 16.2. The molecule has 3 aromatic carbocycles. The molecule has 1 amide bonds. The Morgan fingerprint density at radius 1 is 1.04 bits per heavy atom. The number of para-hydroxylation sites is 1. The average molecular weight is 801 g/mol. The average Bonchev–Trinajstić information content (AvgIpc) is 3.05. The van der Waals surface area contributed by atoms with Crippen LogP contribution in [0.4, 0.5) is 24.5 Å². The summed E-state index contributed by atoms with van der Waals surface area (Å²) in [5, 5.41) is 20.7. The Hall–Kier alpha value is -3.96. The lowest BCUT2D eigenvalue weighted by atomic mass is 10.0. The van der Waals surface area contributed by atoms with Gasteiger partial charge < -0.3 is 29.1 Å². The molecule has 0 aliphatic heterocycles. The minimum Gasteiger partial charge on any atom is -0.487 e. The zero-order valence-electron chi connectivity index (χ0n) is 28.5. The molecule has 3 rings (SSSR count). The quantitative estimate of drug-likeness (QED) is 0.0392. The molecular weight excluding hydrogens is 761 g/mol. The van der Waals surface area contributed by atoms with Crippen molar-refractivity contribution in [1.29, 1.82) is 0 Å². The van der Waals surface area contributed by atoms with Crippen molar-refractivity contribution >= 4 is 54.0 Å². The Bertz CT molecular complexity index is 1700. The van der Waals surface area contributed by atoms with Gasteiger partial charge in [0.1, 0.15) is 24.1 Å². The fraction of sp³-hybridized carbons (Fsp3) is 0.375. The van der Waals surface area contributed by atoms with Crippen LogP contribution in [0.2, 0.25) is 5.02 Å². The van der Waals surface area contributed by atoms with Crippen LogP contribution in [0, 0.1) is 17.0 Å². The van der Waals surface area contributed by atoms with Crippen molar-refractivity contribution in [2.45, 2.75) is 40.3 Å². The number of anilines is 1. The molecule has 0 spiro atoms. The van der Waals surface area contributed by atoms with Crippen molar-refractivity contribution in [2.24, 2.45) is 0 Å². The molecule has 52 heavy (non-hydrogen) atoms. The molecule has 0 aromatic heterocycles. The second kappa shape index (κ2) is 22.2. The zero-order chi connectivity index (χ0) is 39.6. The lowest BCUT2D eigenvalue weighted by molar-refractivity contribution is -0.385. The number of hydrogen-bond acceptors (Lipinski definition) is 9. The summed E-state index contributed by atoms with van der Waals surface area (Å²) in [6, 6.07) is 12.4. The first-order chi connectivity index (χ1) is 24.3. The van der Waals surface area contributed by atoms with E-state index in [4.69, 9.17) is 52.3 Å².